The topological polar surface area (TPSA) is 175 Å². The molecule has 1 aromatic carbocycles. The Morgan fingerprint density at radius 3 is 2.36 bits per heavy atom. The third kappa shape index (κ3) is 8.68. The number of nitrogens with one attached hydrogen (secondary N) is 3. The number of nitrogens with two attached hydrogens (primary N) is 1. The summed E-state index contributed by atoms with van der Waals surface area (Å²) in [5, 5.41) is 12.3. The van der Waals surface area contributed by atoms with E-state index in [1.807, 2.05) is 0 Å². The maximum Gasteiger partial charge on any atom is 0.491 e. The Bertz CT molecular complexity index is 1140. The summed E-state index contributed by atoms with van der Waals surface area (Å²) in [5.74, 6) is -5.78. The minimum atomic E-state index is -5.36. The van der Waals surface area contributed by atoms with Gasteiger partial charge in [0.1, 0.15) is 6.54 Å². The molecule has 3 amide bonds. The van der Waals surface area contributed by atoms with E-state index in [9.17, 15) is 37.1 Å². The second-order valence-electron chi connectivity index (χ2n) is 9.14. The number of rotatable bonds is 10. The summed E-state index contributed by atoms with van der Waals surface area (Å²) in [7, 11) is 0. The number of benzene rings is 1. The van der Waals surface area contributed by atoms with Crippen molar-refractivity contribution in [2.45, 2.75) is 58.3 Å². The van der Waals surface area contributed by atoms with Crippen LogP contribution in [0.5, 0.6) is 0 Å². The van der Waals surface area contributed by atoms with Crippen LogP contribution in [0.1, 0.15) is 49.5 Å². The van der Waals surface area contributed by atoms with Gasteiger partial charge in [0.2, 0.25) is 11.8 Å². The Hall–Kier alpha value is -4.17. The molecule has 12 nitrogen and oxygen atoms in total. The molecule has 1 aromatic rings. The lowest BCUT2D eigenvalue weighted by atomic mass is 10.0. The van der Waals surface area contributed by atoms with E-state index < -0.39 is 48.9 Å². The normalized spacial score (nSPS) is 14.4. The highest BCUT2D eigenvalue weighted by Gasteiger charge is 2.43. The van der Waals surface area contributed by atoms with Crippen molar-refractivity contribution in [2.24, 2.45) is 5.73 Å². The van der Waals surface area contributed by atoms with Crippen molar-refractivity contribution >= 4 is 41.3 Å². The molecule has 1 aliphatic rings. The summed E-state index contributed by atoms with van der Waals surface area (Å²) in [6, 6.07) is 3.36. The average Bonchev–Trinajstić information content (AvgIpc) is 2.93. The SMILES string of the molecule is CC(CC(=O)OC(=O)C(F)(F)F)N1CC(=O)N(C(C)C)c2ccc(CCC(=O)NCCNC(=N)N)cc2C1=O. The van der Waals surface area contributed by atoms with E-state index in [1.165, 1.54) is 17.9 Å². The van der Waals surface area contributed by atoms with E-state index in [0.717, 1.165) is 4.90 Å². The zero-order valence-electron chi connectivity index (χ0n) is 21.7. The van der Waals surface area contributed by atoms with Gasteiger partial charge in [0, 0.05) is 31.6 Å². The highest BCUT2D eigenvalue weighted by Crippen LogP contribution is 2.30. The molecule has 0 aliphatic carbocycles. The van der Waals surface area contributed by atoms with E-state index in [-0.39, 0.29) is 49.4 Å². The highest BCUT2D eigenvalue weighted by molar-refractivity contribution is 6.10. The molecule has 1 atom stereocenters. The molecule has 2 rings (SSSR count). The number of aryl methyl sites for hydroxylation is 1. The van der Waals surface area contributed by atoms with Crippen molar-refractivity contribution in [1.29, 1.82) is 5.41 Å². The Labute approximate surface area is 222 Å². The first-order chi connectivity index (χ1) is 18.1. The smallest absolute Gasteiger partial charge is 0.386 e. The number of nitrogens with zero attached hydrogens (tertiary/aromatic N) is 2. The summed E-state index contributed by atoms with van der Waals surface area (Å²) >= 11 is 0. The van der Waals surface area contributed by atoms with Gasteiger partial charge in [-0.05, 0) is 44.9 Å². The predicted molar refractivity (Wildman–Crippen MR) is 133 cm³/mol. The van der Waals surface area contributed by atoms with Gasteiger partial charge < -0.3 is 30.9 Å². The summed E-state index contributed by atoms with van der Waals surface area (Å²) in [6.07, 6.45) is -5.78. The van der Waals surface area contributed by atoms with E-state index >= 15 is 0 Å². The molecule has 0 fully saturated rings. The van der Waals surface area contributed by atoms with Crippen LogP contribution in [0.25, 0.3) is 0 Å². The molecule has 0 saturated carbocycles. The number of esters is 2. The van der Waals surface area contributed by atoms with Crippen molar-refractivity contribution in [1.82, 2.24) is 15.5 Å². The number of ether oxygens (including phenoxy) is 1. The lowest BCUT2D eigenvalue weighted by Gasteiger charge is -2.28. The number of guanidine groups is 1. The summed E-state index contributed by atoms with van der Waals surface area (Å²) in [5.41, 5.74) is 6.21. The molecule has 0 saturated heterocycles. The number of fused-ring (bicyclic) bond motifs is 1. The van der Waals surface area contributed by atoms with Gasteiger partial charge in [-0.1, -0.05) is 6.07 Å². The second-order valence-corrected chi connectivity index (χ2v) is 9.14. The largest absolute Gasteiger partial charge is 0.491 e. The van der Waals surface area contributed by atoms with Crippen LogP contribution in [-0.4, -0.2) is 78.4 Å². The van der Waals surface area contributed by atoms with Gasteiger partial charge in [0.05, 0.1) is 17.7 Å². The van der Waals surface area contributed by atoms with Gasteiger partial charge in [-0.15, -0.1) is 0 Å². The first-order valence-corrected chi connectivity index (χ1v) is 12.0. The third-order valence-corrected chi connectivity index (χ3v) is 5.74. The van der Waals surface area contributed by atoms with E-state index in [1.54, 1.807) is 26.0 Å². The maximum atomic E-state index is 13.5. The second kappa shape index (κ2) is 13.1. The fraction of sp³-hybridized carbons (Fsp3) is 0.500. The van der Waals surface area contributed by atoms with Gasteiger partial charge >= 0.3 is 18.1 Å². The van der Waals surface area contributed by atoms with Crippen molar-refractivity contribution in [3.8, 4) is 0 Å². The standard InChI is InChI=1S/C24H31F3N6O6/c1-13(2)33-17-6-4-15(5-7-18(34)30-8-9-31-23(28)29)11-16(17)21(37)32(12-19(33)35)14(3)10-20(36)39-22(38)24(25,26)27/h4,6,11,13-14H,5,7-10,12H2,1-3H3,(H,30,34)(H4,28,29,31). The quantitative estimate of drug-likeness (QED) is 0.108. The minimum Gasteiger partial charge on any atom is -0.386 e. The van der Waals surface area contributed by atoms with E-state index in [4.69, 9.17) is 11.1 Å². The Morgan fingerprint density at radius 1 is 1.13 bits per heavy atom. The fourth-order valence-corrected chi connectivity index (χ4v) is 3.92. The number of anilines is 1. The molecule has 0 radical (unpaired) electrons. The molecule has 0 spiro atoms. The van der Waals surface area contributed by atoms with Gasteiger partial charge in [0.15, 0.2) is 5.96 Å². The fourth-order valence-electron chi connectivity index (χ4n) is 3.92. The molecule has 39 heavy (non-hydrogen) atoms. The number of hydrogen-bond acceptors (Lipinski definition) is 7. The molecule has 0 bridgehead atoms. The first kappa shape index (κ1) is 31.1. The zero-order valence-corrected chi connectivity index (χ0v) is 21.7. The zero-order chi connectivity index (χ0) is 29.5. The van der Waals surface area contributed by atoms with Gasteiger partial charge in [-0.2, -0.15) is 13.2 Å². The molecular formula is C24H31F3N6O6. The number of alkyl halides is 3. The number of carbonyl (C=O) groups is 5. The Kier molecular flexibility index (Phi) is 10.4. The van der Waals surface area contributed by atoms with Crippen LogP contribution in [-0.2, 0) is 30.3 Å². The van der Waals surface area contributed by atoms with Crippen LogP contribution in [0.15, 0.2) is 18.2 Å². The van der Waals surface area contributed by atoms with Crippen molar-refractivity contribution in [3.63, 3.8) is 0 Å². The van der Waals surface area contributed by atoms with E-state index in [2.05, 4.69) is 15.4 Å². The molecule has 1 unspecified atom stereocenters. The molecule has 15 heteroatoms. The molecule has 1 heterocycles. The van der Waals surface area contributed by atoms with Crippen LogP contribution in [0.2, 0.25) is 0 Å². The lowest BCUT2D eigenvalue weighted by Crippen LogP contribution is -2.46. The molecule has 214 valence electrons. The van der Waals surface area contributed by atoms with Crippen LogP contribution in [0, 0.1) is 5.41 Å². The van der Waals surface area contributed by atoms with Crippen LogP contribution in [0.3, 0.4) is 0 Å². The van der Waals surface area contributed by atoms with Gasteiger partial charge in [0.25, 0.3) is 5.91 Å². The Morgan fingerprint density at radius 2 is 1.77 bits per heavy atom. The highest BCUT2D eigenvalue weighted by atomic mass is 19.4. The monoisotopic (exact) mass is 556 g/mol. The summed E-state index contributed by atoms with van der Waals surface area (Å²) in [4.78, 5) is 64.1. The van der Waals surface area contributed by atoms with Gasteiger partial charge in [-0.25, -0.2) is 4.79 Å². The van der Waals surface area contributed by atoms with Crippen molar-refractivity contribution in [2.75, 3.05) is 24.5 Å². The van der Waals surface area contributed by atoms with Crippen molar-refractivity contribution < 1.29 is 41.9 Å². The number of carbonyl (C=O) groups excluding carboxylic acids is 5. The van der Waals surface area contributed by atoms with Crippen LogP contribution < -0.4 is 21.3 Å². The summed E-state index contributed by atoms with van der Waals surface area (Å²) in [6.45, 7) is 4.90. The number of amides is 3. The number of halogens is 3. The third-order valence-electron chi connectivity index (χ3n) is 5.74. The molecule has 0 aromatic heterocycles. The lowest BCUT2D eigenvalue weighted by molar-refractivity contribution is -0.202. The molecular weight excluding hydrogens is 525 g/mol. The predicted octanol–water partition coefficient (Wildman–Crippen LogP) is 0.826. The first-order valence-electron chi connectivity index (χ1n) is 12.0. The van der Waals surface area contributed by atoms with Crippen molar-refractivity contribution in [3.05, 3.63) is 29.3 Å². The molecule has 1 aliphatic heterocycles. The maximum absolute atomic E-state index is 13.5. The minimum absolute atomic E-state index is 0.0824. The van der Waals surface area contributed by atoms with Gasteiger partial charge in [-0.3, -0.25) is 24.6 Å². The number of hydrogen-bond donors (Lipinski definition) is 4. The average molecular weight is 557 g/mol. The van der Waals surface area contributed by atoms with E-state index in [0.29, 0.717) is 11.3 Å². The van der Waals surface area contributed by atoms with Crippen LogP contribution >= 0.6 is 0 Å². The Balaban J connectivity index is 2.22. The molecule has 5 N–H and O–H groups in total. The summed E-state index contributed by atoms with van der Waals surface area (Å²) < 4.78 is 41.1. The van der Waals surface area contributed by atoms with Crippen LogP contribution in [0.4, 0.5) is 18.9 Å².